The molecule has 0 saturated heterocycles. The number of rotatable bonds is 5. The van der Waals surface area contributed by atoms with Gasteiger partial charge in [-0.05, 0) is 24.8 Å². The first-order valence-electron chi connectivity index (χ1n) is 7.78. The molecule has 1 fully saturated rings. The molecule has 1 atom stereocenters. The van der Waals surface area contributed by atoms with Crippen LogP contribution in [0.15, 0.2) is 30.3 Å². The van der Waals surface area contributed by atoms with E-state index in [1.165, 1.54) is 12.0 Å². The van der Waals surface area contributed by atoms with Gasteiger partial charge in [0.05, 0.1) is 5.54 Å². The number of nitrogens with two attached hydrogens (primary N) is 1. The van der Waals surface area contributed by atoms with Gasteiger partial charge in [0.2, 0.25) is 5.91 Å². The molecule has 1 aromatic rings. The minimum absolute atomic E-state index is 0. The van der Waals surface area contributed by atoms with Crippen molar-refractivity contribution in [2.75, 3.05) is 6.54 Å². The third kappa shape index (κ3) is 4.72. The van der Waals surface area contributed by atoms with Gasteiger partial charge in [0.25, 0.3) is 0 Å². The lowest BCUT2D eigenvalue weighted by atomic mass is 9.81. The van der Waals surface area contributed by atoms with Gasteiger partial charge in [-0.1, -0.05) is 56.5 Å². The van der Waals surface area contributed by atoms with Crippen LogP contribution in [0, 0.1) is 0 Å². The van der Waals surface area contributed by atoms with Crippen LogP contribution in [-0.4, -0.2) is 18.0 Å². The number of hydrogen-bond acceptors (Lipinski definition) is 2. The minimum Gasteiger partial charge on any atom is -0.354 e. The van der Waals surface area contributed by atoms with Gasteiger partial charge in [-0.2, -0.15) is 0 Å². The third-order valence-corrected chi connectivity index (χ3v) is 4.47. The Kier molecular flexibility index (Phi) is 7.20. The fourth-order valence-corrected chi connectivity index (χ4v) is 3.02. The molecule has 3 nitrogen and oxygen atoms in total. The van der Waals surface area contributed by atoms with Gasteiger partial charge in [0.15, 0.2) is 0 Å². The second-order valence-electron chi connectivity index (χ2n) is 5.94. The van der Waals surface area contributed by atoms with Gasteiger partial charge in [-0.3, -0.25) is 4.79 Å². The molecule has 118 valence electrons. The van der Waals surface area contributed by atoms with Crippen molar-refractivity contribution in [1.82, 2.24) is 5.32 Å². The number of amides is 1. The van der Waals surface area contributed by atoms with Crippen LogP contribution in [0.1, 0.15) is 56.9 Å². The Morgan fingerprint density at radius 1 is 1.24 bits per heavy atom. The summed E-state index contributed by atoms with van der Waals surface area (Å²) in [6.07, 6.45) is 6.00. The molecule has 1 saturated carbocycles. The van der Waals surface area contributed by atoms with Crippen LogP contribution in [0.5, 0.6) is 0 Å². The quantitative estimate of drug-likeness (QED) is 0.876. The van der Waals surface area contributed by atoms with Gasteiger partial charge in [0, 0.05) is 12.5 Å². The minimum atomic E-state index is -0.632. The molecular weight excluding hydrogens is 284 g/mol. The topological polar surface area (TPSA) is 55.1 Å². The smallest absolute Gasteiger partial charge is 0.240 e. The summed E-state index contributed by atoms with van der Waals surface area (Å²) in [5.74, 6) is 0.402. The van der Waals surface area contributed by atoms with Gasteiger partial charge < -0.3 is 11.1 Å². The largest absolute Gasteiger partial charge is 0.354 e. The van der Waals surface area contributed by atoms with E-state index < -0.39 is 5.54 Å². The zero-order valence-corrected chi connectivity index (χ0v) is 13.6. The molecule has 2 rings (SSSR count). The van der Waals surface area contributed by atoms with Gasteiger partial charge >= 0.3 is 0 Å². The van der Waals surface area contributed by atoms with Crippen LogP contribution >= 0.6 is 12.4 Å². The molecule has 3 N–H and O–H groups in total. The van der Waals surface area contributed by atoms with E-state index in [4.69, 9.17) is 5.73 Å². The molecule has 1 amide bonds. The number of carbonyl (C=O) groups excluding carboxylic acids is 1. The third-order valence-electron chi connectivity index (χ3n) is 4.47. The highest BCUT2D eigenvalue weighted by molar-refractivity contribution is 5.86. The van der Waals surface area contributed by atoms with Crippen LogP contribution in [0.3, 0.4) is 0 Å². The van der Waals surface area contributed by atoms with Crippen LogP contribution < -0.4 is 11.1 Å². The Morgan fingerprint density at radius 2 is 1.86 bits per heavy atom. The van der Waals surface area contributed by atoms with E-state index in [0.717, 1.165) is 32.1 Å². The molecule has 1 aromatic carbocycles. The van der Waals surface area contributed by atoms with Crippen molar-refractivity contribution in [3.05, 3.63) is 35.9 Å². The molecular formula is C17H27ClN2O. The van der Waals surface area contributed by atoms with Gasteiger partial charge in [-0.15, -0.1) is 12.4 Å². The maximum absolute atomic E-state index is 12.3. The Bertz CT molecular complexity index is 430. The van der Waals surface area contributed by atoms with Crippen molar-refractivity contribution in [1.29, 1.82) is 0 Å². The number of carbonyl (C=O) groups is 1. The predicted octanol–water partition coefficient (Wildman–Crippen LogP) is 3.38. The van der Waals surface area contributed by atoms with E-state index in [0.29, 0.717) is 12.5 Å². The molecule has 0 radical (unpaired) electrons. The number of halogens is 1. The summed E-state index contributed by atoms with van der Waals surface area (Å²) < 4.78 is 0. The molecule has 0 bridgehead atoms. The molecule has 0 aromatic heterocycles. The van der Waals surface area contributed by atoms with Crippen molar-refractivity contribution in [3.8, 4) is 0 Å². The molecule has 1 unspecified atom stereocenters. The molecule has 4 heteroatoms. The first-order chi connectivity index (χ1) is 9.65. The molecule has 1 aliphatic rings. The highest BCUT2D eigenvalue weighted by Crippen LogP contribution is 2.26. The second kappa shape index (κ2) is 8.40. The monoisotopic (exact) mass is 310 g/mol. The Balaban J connectivity index is 0.00000220. The van der Waals surface area contributed by atoms with Crippen molar-refractivity contribution in [2.45, 2.75) is 56.9 Å². The Hall–Kier alpha value is -1.06. The average Bonchev–Trinajstić information content (AvgIpc) is 2.49. The van der Waals surface area contributed by atoms with E-state index in [1.54, 1.807) is 0 Å². The number of nitrogens with one attached hydrogen (secondary N) is 1. The zero-order chi connectivity index (χ0) is 14.4. The SMILES string of the molecule is CCC(CNC(=O)C1(N)CCCCC1)c1ccccc1.Cl. The van der Waals surface area contributed by atoms with Crippen molar-refractivity contribution < 1.29 is 4.79 Å². The summed E-state index contributed by atoms with van der Waals surface area (Å²) in [7, 11) is 0. The van der Waals surface area contributed by atoms with E-state index in [2.05, 4.69) is 24.4 Å². The normalized spacial score (nSPS) is 18.4. The molecule has 1 aliphatic carbocycles. The second-order valence-corrected chi connectivity index (χ2v) is 5.94. The molecule has 0 spiro atoms. The Morgan fingerprint density at radius 3 is 2.43 bits per heavy atom. The predicted molar refractivity (Wildman–Crippen MR) is 89.7 cm³/mol. The van der Waals surface area contributed by atoms with E-state index in [-0.39, 0.29) is 18.3 Å². The van der Waals surface area contributed by atoms with E-state index >= 15 is 0 Å². The van der Waals surface area contributed by atoms with Gasteiger partial charge in [0.1, 0.15) is 0 Å². The molecule has 0 heterocycles. The highest BCUT2D eigenvalue weighted by atomic mass is 35.5. The highest BCUT2D eigenvalue weighted by Gasteiger charge is 2.35. The zero-order valence-electron chi connectivity index (χ0n) is 12.8. The molecule has 0 aliphatic heterocycles. The Labute approximate surface area is 134 Å². The summed E-state index contributed by atoms with van der Waals surface area (Å²) in [6, 6.07) is 10.4. The summed E-state index contributed by atoms with van der Waals surface area (Å²) in [5.41, 5.74) is 6.91. The van der Waals surface area contributed by atoms with Gasteiger partial charge in [-0.25, -0.2) is 0 Å². The fraction of sp³-hybridized carbons (Fsp3) is 0.588. The van der Waals surface area contributed by atoms with Crippen molar-refractivity contribution in [3.63, 3.8) is 0 Å². The maximum atomic E-state index is 12.3. The number of benzene rings is 1. The molecule has 21 heavy (non-hydrogen) atoms. The summed E-state index contributed by atoms with van der Waals surface area (Å²) in [6.45, 7) is 2.83. The van der Waals surface area contributed by atoms with Crippen LogP contribution in [0.4, 0.5) is 0 Å². The van der Waals surface area contributed by atoms with Crippen molar-refractivity contribution in [2.24, 2.45) is 5.73 Å². The van der Waals surface area contributed by atoms with E-state index in [1.807, 2.05) is 18.2 Å². The number of hydrogen-bond donors (Lipinski definition) is 2. The average molecular weight is 311 g/mol. The first kappa shape index (κ1) is 18.0. The fourth-order valence-electron chi connectivity index (χ4n) is 3.02. The lowest BCUT2D eigenvalue weighted by Gasteiger charge is -2.32. The summed E-state index contributed by atoms with van der Waals surface area (Å²) in [4.78, 5) is 12.3. The van der Waals surface area contributed by atoms with Crippen molar-refractivity contribution >= 4 is 18.3 Å². The lowest BCUT2D eigenvalue weighted by molar-refractivity contribution is -0.127. The first-order valence-corrected chi connectivity index (χ1v) is 7.78. The summed E-state index contributed by atoms with van der Waals surface area (Å²) >= 11 is 0. The standard InChI is InChI=1S/C17H26N2O.ClH/c1-2-14(15-9-5-3-6-10-15)13-19-16(20)17(18)11-7-4-8-12-17;/h3,5-6,9-10,14H,2,4,7-8,11-13,18H2,1H3,(H,19,20);1H. The van der Waals surface area contributed by atoms with Crippen LogP contribution in [-0.2, 0) is 4.79 Å². The van der Waals surface area contributed by atoms with Crippen LogP contribution in [0.2, 0.25) is 0 Å². The maximum Gasteiger partial charge on any atom is 0.240 e. The van der Waals surface area contributed by atoms with Crippen LogP contribution in [0.25, 0.3) is 0 Å². The van der Waals surface area contributed by atoms with E-state index in [9.17, 15) is 4.79 Å². The summed E-state index contributed by atoms with van der Waals surface area (Å²) in [5, 5.41) is 3.08. The lowest BCUT2D eigenvalue weighted by Crippen LogP contribution is -2.55.